The smallest absolute Gasteiger partial charge is 0.322 e. The number of nitrogens with zero attached hydrogens (tertiary/aromatic N) is 1. The van der Waals surface area contributed by atoms with Crippen LogP contribution in [-0.2, 0) is 25.6 Å². The number of amides is 3. The Morgan fingerprint density at radius 3 is 2.52 bits per heavy atom. The Kier molecular flexibility index (Phi) is 7.54. The molecule has 1 aromatic carbocycles. The quantitative estimate of drug-likeness (QED) is 0.368. The Morgan fingerprint density at radius 1 is 1.24 bits per heavy atom. The predicted molar refractivity (Wildman–Crippen MR) is 103 cm³/mol. The van der Waals surface area contributed by atoms with Crippen molar-refractivity contribution in [3.05, 3.63) is 29.8 Å². The van der Waals surface area contributed by atoms with Crippen molar-refractivity contribution in [2.75, 3.05) is 13.1 Å². The number of carboxylic acids is 1. The van der Waals surface area contributed by atoms with Gasteiger partial charge in [-0.3, -0.25) is 19.2 Å². The van der Waals surface area contributed by atoms with Gasteiger partial charge in [0, 0.05) is 6.54 Å². The number of rotatable bonds is 8. The van der Waals surface area contributed by atoms with Crippen LogP contribution >= 0.6 is 0 Å². The van der Waals surface area contributed by atoms with Crippen molar-refractivity contribution in [2.24, 2.45) is 5.73 Å². The molecule has 6 N–H and O–H groups in total. The molecule has 158 valence electrons. The maximum Gasteiger partial charge on any atom is 0.322 e. The molecule has 1 aromatic rings. The number of carboxylic acid groups (broad SMARTS) is 1. The van der Waals surface area contributed by atoms with Crippen molar-refractivity contribution in [1.29, 1.82) is 0 Å². The Balaban J connectivity index is 1.94. The molecule has 0 radical (unpaired) electrons. The zero-order valence-electron chi connectivity index (χ0n) is 16.1. The first-order chi connectivity index (χ1) is 13.7. The minimum Gasteiger partial charge on any atom is -0.508 e. The number of hydrogen-bond acceptors (Lipinski definition) is 6. The second-order valence-corrected chi connectivity index (χ2v) is 7.01. The van der Waals surface area contributed by atoms with Crippen molar-refractivity contribution in [1.82, 2.24) is 15.5 Å². The summed E-state index contributed by atoms with van der Waals surface area (Å²) < 4.78 is 0. The summed E-state index contributed by atoms with van der Waals surface area (Å²) in [4.78, 5) is 49.1. The predicted octanol–water partition coefficient (Wildman–Crippen LogP) is -1.04. The van der Waals surface area contributed by atoms with Gasteiger partial charge >= 0.3 is 5.97 Å². The van der Waals surface area contributed by atoms with Gasteiger partial charge < -0.3 is 31.5 Å². The number of likely N-dealkylation sites (tertiary alicyclic amines) is 1. The van der Waals surface area contributed by atoms with E-state index in [1.807, 2.05) is 0 Å². The summed E-state index contributed by atoms with van der Waals surface area (Å²) in [7, 11) is 0. The van der Waals surface area contributed by atoms with Crippen LogP contribution in [0.2, 0.25) is 0 Å². The molecule has 0 bridgehead atoms. The van der Waals surface area contributed by atoms with Crippen LogP contribution in [0.3, 0.4) is 0 Å². The van der Waals surface area contributed by atoms with E-state index in [0.717, 1.165) is 5.56 Å². The molecule has 1 saturated heterocycles. The molecule has 1 aliphatic heterocycles. The van der Waals surface area contributed by atoms with Gasteiger partial charge in [-0.1, -0.05) is 12.1 Å². The number of phenols is 1. The van der Waals surface area contributed by atoms with Crippen LogP contribution in [0.5, 0.6) is 5.75 Å². The molecule has 0 aliphatic carbocycles. The molecule has 1 heterocycles. The van der Waals surface area contributed by atoms with E-state index in [9.17, 15) is 24.3 Å². The van der Waals surface area contributed by atoms with Crippen molar-refractivity contribution in [2.45, 2.75) is 44.3 Å². The highest BCUT2D eigenvalue weighted by atomic mass is 16.4. The molecule has 3 atom stereocenters. The van der Waals surface area contributed by atoms with E-state index >= 15 is 0 Å². The maximum atomic E-state index is 12.8. The highest BCUT2D eigenvalue weighted by Gasteiger charge is 2.37. The summed E-state index contributed by atoms with van der Waals surface area (Å²) in [6.45, 7) is 1.28. The van der Waals surface area contributed by atoms with Crippen LogP contribution in [0.25, 0.3) is 0 Å². The van der Waals surface area contributed by atoms with E-state index in [4.69, 9.17) is 10.8 Å². The largest absolute Gasteiger partial charge is 0.508 e. The first kappa shape index (κ1) is 22.2. The second-order valence-electron chi connectivity index (χ2n) is 7.01. The van der Waals surface area contributed by atoms with Crippen LogP contribution in [0.4, 0.5) is 0 Å². The van der Waals surface area contributed by atoms with Gasteiger partial charge in [-0.15, -0.1) is 0 Å². The molecular weight excluding hydrogens is 380 g/mol. The van der Waals surface area contributed by atoms with E-state index in [2.05, 4.69) is 10.6 Å². The number of hydrogen-bond donors (Lipinski definition) is 5. The Bertz CT molecular complexity index is 766. The van der Waals surface area contributed by atoms with Crippen molar-refractivity contribution >= 4 is 23.7 Å². The van der Waals surface area contributed by atoms with Crippen LogP contribution in [0, 0.1) is 0 Å². The van der Waals surface area contributed by atoms with Gasteiger partial charge in [0.2, 0.25) is 17.7 Å². The zero-order chi connectivity index (χ0) is 21.6. The van der Waals surface area contributed by atoms with E-state index in [0.29, 0.717) is 19.4 Å². The summed E-state index contributed by atoms with van der Waals surface area (Å²) in [5.74, 6) is -2.54. The van der Waals surface area contributed by atoms with Crippen LogP contribution < -0.4 is 16.4 Å². The molecule has 29 heavy (non-hydrogen) atoms. The minimum absolute atomic E-state index is 0.117. The lowest BCUT2D eigenvalue weighted by Gasteiger charge is -2.27. The Morgan fingerprint density at radius 2 is 1.90 bits per heavy atom. The minimum atomic E-state index is -1.19. The molecule has 0 saturated carbocycles. The third-order valence-electron chi connectivity index (χ3n) is 4.71. The van der Waals surface area contributed by atoms with E-state index in [-0.39, 0.29) is 18.1 Å². The lowest BCUT2D eigenvalue weighted by Crippen LogP contribution is -2.55. The Hall–Kier alpha value is -3.14. The van der Waals surface area contributed by atoms with Gasteiger partial charge in [0.1, 0.15) is 24.4 Å². The summed E-state index contributed by atoms with van der Waals surface area (Å²) in [5, 5.41) is 22.6. The molecule has 0 aromatic heterocycles. The average Bonchev–Trinajstić information content (AvgIpc) is 3.16. The molecule has 10 heteroatoms. The summed E-state index contributed by atoms with van der Waals surface area (Å²) >= 11 is 0. The summed E-state index contributed by atoms with van der Waals surface area (Å²) in [6, 6.07) is 3.85. The van der Waals surface area contributed by atoms with Crippen molar-refractivity contribution < 1.29 is 29.4 Å². The molecule has 1 aliphatic rings. The lowest BCUT2D eigenvalue weighted by atomic mass is 10.0. The third-order valence-corrected chi connectivity index (χ3v) is 4.71. The standard InChI is InChI=1S/C19H26N4O6/c1-11(17(27)21-10-16(25)26)22-18(28)15-3-2-8-23(15)19(29)14(20)9-12-4-6-13(24)7-5-12/h4-7,11,14-15,24H,2-3,8-10,20H2,1H3,(H,21,27)(H,22,28)(H,25,26). The average molecular weight is 406 g/mol. The highest BCUT2D eigenvalue weighted by Crippen LogP contribution is 2.20. The van der Waals surface area contributed by atoms with E-state index in [1.54, 1.807) is 12.1 Å². The molecule has 10 nitrogen and oxygen atoms in total. The molecule has 1 fully saturated rings. The molecule has 3 amide bonds. The molecule has 2 rings (SSSR count). The highest BCUT2D eigenvalue weighted by molar-refractivity contribution is 5.93. The van der Waals surface area contributed by atoms with Crippen molar-refractivity contribution in [3.63, 3.8) is 0 Å². The van der Waals surface area contributed by atoms with Crippen LogP contribution in [0.1, 0.15) is 25.3 Å². The first-order valence-corrected chi connectivity index (χ1v) is 9.33. The normalized spacial score (nSPS) is 18.0. The topological polar surface area (TPSA) is 162 Å². The molecule has 3 unspecified atom stereocenters. The van der Waals surface area contributed by atoms with Crippen LogP contribution in [0.15, 0.2) is 24.3 Å². The number of aliphatic carboxylic acids is 1. The Labute approximate surface area is 168 Å². The fraction of sp³-hybridized carbons (Fsp3) is 0.474. The number of nitrogens with two attached hydrogens (primary N) is 1. The monoisotopic (exact) mass is 406 g/mol. The zero-order valence-corrected chi connectivity index (χ0v) is 16.1. The van der Waals surface area contributed by atoms with Crippen molar-refractivity contribution in [3.8, 4) is 5.75 Å². The summed E-state index contributed by atoms with van der Waals surface area (Å²) in [6.07, 6.45) is 1.35. The van der Waals surface area contributed by atoms with Gasteiger partial charge in [-0.2, -0.15) is 0 Å². The van der Waals surface area contributed by atoms with Gasteiger partial charge in [-0.05, 0) is 43.9 Å². The molecule has 0 spiro atoms. The number of aromatic hydroxyl groups is 1. The lowest BCUT2D eigenvalue weighted by molar-refractivity contribution is -0.141. The van der Waals surface area contributed by atoms with Gasteiger partial charge in [0.25, 0.3) is 0 Å². The SMILES string of the molecule is CC(NC(=O)C1CCCN1C(=O)C(N)Cc1ccc(O)cc1)C(=O)NCC(=O)O. The number of nitrogens with one attached hydrogen (secondary N) is 2. The molecular formula is C19H26N4O6. The number of phenolic OH excluding ortho intramolecular Hbond substituents is 1. The van der Waals surface area contributed by atoms with Gasteiger partial charge in [0.05, 0.1) is 6.04 Å². The maximum absolute atomic E-state index is 12.8. The summed E-state index contributed by atoms with van der Waals surface area (Å²) in [5.41, 5.74) is 6.83. The fourth-order valence-corrected chi connectivity index (χ4v) is 3.18. The number of carbonyl (C=O) groups is 4. The van der Waals surface area contributed by atoms with E-state index < -0.39 is 42.5 Å². The third kappa shape index (κ3) is 6.18. The fourth-order valence-electron chi connectivity index (χ4n) is 3.18. The number of carbonyl (C=O) groups excluding carboxylic acids is 3. The van der Waals surface area contributed by atoms with E-state index in [1.165, 1.54) is 24.0 Å². The number of benzene rings is 1. The second kappa shape index (κ2) is 9.87. The first-order valence-electron chi connectivity index (χ1n) is 9.33. The van der Waals surface area contributed by atoms with Gasteiger partial charge in [0.15, 0.2) is 0 Å². The van der Waals surface area contributed by atoms with Crippen LogP contribution in [-0.4, -0.2) is 70.0 Å². The van der Waals surface area contributed by atoms with Gasteiger partial charge in [-0.25, -0.2) is 0 Å².